The van der Waals surface area contributed by atoms with E-state index >= 15 is 0 Å². The Kier molecular flexibility index (Phi) is 6.46. The average Bonchev–Trinajstić information content (AvgIpc) is 2.11. The minimum Gasteiger partial charge on any atom is -0.389 e. The van der Waals surface area contributed by atoms with Gasteiger partial charge in [0.05, 0.1) is 5.60 Å². The standard InChI is InChI=1S/C13H29NO/c1-7-13(6,15)9-14-8-12(10(2)3)11(4)5/h10-12,14-15H,7-9H2,1-6H3. The Hall–Kier alpha value is -0.0800. The van der Waals surface area contributed by atoms with Gasteiger partial charge in [-0.15, -0.1) is 0 Å². The van der Waals surface area contributed by atoms with Gasteiger partial charge in [-0.1, -0.05) is 34.6 Å². The van der Waals surface area contributed by atoms with Gasteiger partial charge in [-0.2, -0.15) is 0 Å². The molecule has 0 spiro atoms. The fourth-order valence-electron chi connectivity index (χ4n) is 1.87. The number of hydrogen-bond donors (Lipinski definition) is 2. The molecule has 0 amide bonds. The molecule has 92 valence electrons. The van der Waals surface area contributed by atoms with Crippen molar-refractivity contribution < 1.29 is 5.11 Å². The summed E-state index contributed by atoms with van der Waals surface area (Å²) in [5.41, 5.74) is -0.557. The molecule has 2 N–H and O–H groups in total. The third kappa shape index (κ3) is 6.16. The molecule has 0 aromatic rings. The molecule has 0 saturated carbocycles. The van der Waals surface area contributed by atoms with Crippen LogP contribution in [0.2, 0.25) is 0 Å². The maximum Gasteiger partial charge on any atom is 0.0740 e. The minimum absolute atomic E-state index is 0.557. The molecule has 0 rings (SSSR count). The predicted octanol–water partition coefficient (Wildman–Crippen LogP) is 2.67. The molecule has 0 radical (unpaired) electrons. The van der Waals surface area contributed by atoms with Gasteiger partial charge in [0, 0.05) is 6.54 Å². The van der Waals surface area contributed by atoms with Crippen LogP contribution in [0.3, 0.4) is 0 Å². The molecule has 2 heteroatoms. The third-order valence-corrected chi connectivity index (χ3v) is 3.36. The van der Waals surface area contributed by atoms with Gasteiger partial charge in [0.25, 0.3) is 0 Å². The van der Waals surface area contributed by atoms with E-state index in [4.69, 9.17) is 0 Å². The van der Waals surface area contributed by atoms with Gasteiger partial charge < -0.3 is 10.4 Å². The zero-order valence-corrected chi connectivity index (χ0v) is 11.3. The molecule has 0 aliphatic carbocycles. The molecule has 0 heterocycles. The molecule has 0 saturated heterocycles. The molecule has 2 nitrogen and oxygen atoms in total. The first-order valence-electron chi connectivity index (χ1n) is 6.23. The lowest BCUT2D eigenvalue weighted by atomic mass is 9.85. The van der Waals surface area contributed by atoms with Crippen LogP contribution in [0.4, 0.5) is 0 Å². The van der Waals surface area contributed by atoms with Crippen LogP contribution in [0.1, 0.15) is 48.0 Å². The normalized spacial score (nSPS) is 16.4. The lowest BCUT2D eigenvalue weighted by molar-refractivity contribution is 0.0534. The molecule has 0 aromatic heterocycles. The van der Waals surface area contributed by atoms with E-state index in [9.17, 15) is 5.11 Å². The lowest BCUT2D eigenvalue weighted by Gasteiger charge is -2.28. The topological polar surface area (TPSA) is 32.3 Å². The highest BCUT2D eigenvalue weighted by molar-refractivity contribution is 4.76. The van der Waals surface area contributed by atoms with E-state index < -0.39 is 5.60 Å². The van der Waals surface area contributed by atoms with E-state index in [-0.39, 0.29) is 0 Å². The van der Waals surface area contributed by atoms with Crippen molar-refractivity contribution in [1.29, 1.82) is 0 Å². The second-order valence-electron chi connectivity index (χ2n) is 5.63. The summed E-state index contributed by atoms with van der Waals surface area (Å²) in [5, 5.41) is 13.2. The molecule has 0 bridgehead atoms. The Morgan fingerprint density at radius 3 is 1.93 bits per heavy atom. The molecular formula is C13H29NO. The van der Waals surface area contributed by atoms with Crippen molar-refractivity contribution in [3.8, 4) is 0 Å². The van der Waals surface area contributed by atoms with E-state index in [1.54, 1.807) is 0 Å². The predicted molar refractivity (Wildman–Crippen MR) is 67.0 cm³/mol. The van der Waals surface area contributed by atoms with E-state index in [0.717, 1.165) is 13.0 Å². The second-order valence-corrected chi connectivity index (χ2v) is 5.63. The summed E-state index contributed by atoms with van der Waals surface area (Å²) in [6.45, 7) is 14.7. The molecule has 0 fully saturated rings. The maximum absolute atomic E-state index is 9.85. The summed E-state index contributed by atoms with van der Waals surface area (Å²) in [7, 11) is 0. The zero-order valence-electron chi connectivity index (χ0n) is 11.3. The van der Waals surface area contributed by atoms with Crippen molar-refractivity contribution in [3.05, 3.63) is 0 Å². The Morgan fingerprint density at radius 1 is 1.13 bits per heavy atom. The fourth-order valence-corrected chi connectivity index (χ4v) is 1.87. The largest absolute Gasteiger partial charge is 0.389 e. The molecule has 15 heavy (non-hydrogen) atoms. The first-order chi connectivity index (χ1) is 6.80. The molecular weight excluding hydrogens is 186 g/mol. The van der Waals surface area contributed by atoms with Crippen LogP contribution in [0.25, 0.3) is 0 Å². The number of rotatable bonds is 7. The summed E-state index contributed by atoms with van der Waals surface area (Å²) in [4.78, 5) is 0. The Bertz CT molecular complexity index is 156. The zero-order chi connectivity index (χ0) is 12.1. The van der Waals surface area contributed by atoms with Crippen molar-refractivity contribution >= 4 is 0 Å². The van der Waals surface area contributed by atoms with Gasteiger partial charge in [0.15, 0.2) is 0 Å². The van der Waals surface area contributed by atoms with Crippen LogP contribution < -0.4 is 5.32 Å². The second kappa shape index (κ2) is 6.49. The van der Waals surface area contributed by atoms with Gasteiger partial charge in [0.1, 0.15) is 0 Å². The summed E-state index contributed by atoms with van der Waals surface area (Å²) in [5.74, 6) is 2.09. The van der Waals surface area contributed by atoms with Gasteiger partial charge in [-0.3, -0.25) is 0 Å². The third-order valence-electron chi connectivity index (χ3n) is 3.36. The Morgan fingerprint density at radius 2 is 1.60 bits per heavy atom. The monoisotopic (exact) mass is 215 g/mol. The van der Waals surface area contributed by atoms with Gasteiger partial charge >= 0.3 is 0 Å². The van der Waals surface area contributed by atoms with Gasteiger partial charge in [-0.05, 0) is 37.6 Å². The molecule has 0 aliphatic heterocycles. The summed E-state index contributed by atoms with van der Waals surface area (Å²) in [6, 6.07) is 0. The summed E-state index contributed by atoms with van der Waals surface area (Å²) >= 11 is 0. The molecule has 1 atom stereocenters. The van der Waals surface area contributed by atoms with E-state index in [1.807, 2.05) is 13.8 Å². The van der Waals surface area contributed by atoms with Crippen LogP contribution >= 0.6 is 0 Å². The van der Waals surface area contributed by atoms with Crippen molar-refractivity contribution in [2.24, 2.45) is 17.8 Å². The van der Waals surface area contributed by atoms with Crippen LogP contribution in [0.5, 0.6) is 0 Å². The van der Waals surface area contributed by atoms with Crippen LogP contribution in [-0.2, 0) is 0 Å². The fraction of sp³-hybridized carbons (Fsp3) is 1.00. The van der Waals surface area contributed by atoms with E-state index in [2.05, 4.69) is 33.0 Å². The Labute approximate surface area is 95.5 Å². The van der Waals surface area contributed by atoms with Gasteiger partial charge in [-0.25, -0.2) is 0 Å². The van der Waals surface area contributed by atoms with Crippen LogP contribution in [0, 0.1) is 17.8 Å². The maximum atomic E-state index is 9.85. The summed E-state index contributed by atoms with van der Waals surface area (Å²) in [6.07, 6.45) is 0.800. The van der Waals surface area contributed by atoms with Gasteiger partial charge in [0.2, 0.25) is 0 Å². The molecule has 1 unspecified atom stereocenters. The first-order valence-corrected chi connectivity index (χ1v) is 6.23. The van der Waals surface area contributed by atoms with Crippen molar-refractivity contribution in [2.75, 3.05) is 13.1 Å². The number of hydrogen-bond acceptors (Lipinski definition) is 2. The number of aliphatic hydroxyl groups is 1. The van der Waals surface area contributed by atoms with Crippen LogP contribution in [-0.4, -0.2) is 23.8 Å². The first kappa shape index (κ1) is 14.9. The van der Waals surface area contributed by atoms with Crippen molar-refractivity contribution in [2.45, 2.75) is 53.6 Å². The lowest BCUT2D eigenvalue weighted by Crippen LogP contribution is -2.40. The highest BCUT2D eigenvalue weighted by Crippen LogP contribution is 2.19. The smallest absolute Gasteiger partial charge is 0.0740 e. The minimum atomic E-state index is -0.557. The highest BCUT2D eigenvalue weighted by Gasteiger charge is 2.20. The van der Waals surface area contributed by atoms with Crippen molar-refractivity contribution in [3.63, 3.8) is 0 Å². The van der Waals surface area contributed by atoms with Crippen molar-refractivity contribution in [1.82, 2.24) is 5.32 Å². The van der Waals surface area contributed by atoms with E-state index in [0.29, 0.717) is 24.3 Å². The summed E-state index contributed by atoms with van der Waals surface area (Å²) < 4.78 is 0. The molecule has 0 aliphatic rings. The highest BCUT2D eigenvalue weighted by atomic mass is 16.3. The van der Waals surface area contributed by atoms with E-state index in [1.165, 1.54) is 0 Å². The molecule has 0 aromatic carbocycles. The quantitative estimate of drug-likeness (QED) is 0.684. The average molecular weight is 215 g/mol. The van der Waals surface area contributed by atoms with Crippen LogP contribution in [0.15, 0.2) is 0 Å². The Balaban J connectivity index is 3.92. The number of nitrogens with one attached hydrogen (secondary N) is 1. The SMILES string of the molecule is CCC(C)(O)CNCC(C(C)C)C(C)C.